The highest BCUT2D eigenvalue weighted by atomic mass is 19.1. The first-order valence-electron chi connectivity index (χ1n) is 6.94. The van der Waals surface area contributed by atoms with Gasteiger partial charge in [-0.3, -0.25) is 9.59 Å². The molecule has 0 saturated heterocycles. The maximum atomic E-state index is 13.1. The van der Waals surface area contributed by atoms with E-state index >= 15 is 0 Å². The molecule has 0 atom stereocenters. The summed E-state index contributed by atoms with van der Waals surface area (Å²) in [6.07, 6.45) is 0. The van der Waals surface area contributed by atoms with Crippen LogP contribution in [0.5, 0.6) is 5.75 Å². The number of anilines is 1. The first kappa shape index (κ1) is 16.5. The minimum absolute atomic E-state index is 0.146. The summed E-state index contributed by atoms with van der Waals surface area (Å²) in [5, 5.41) is 2.55. The second-order valence-electron chi connectivity index (χ2n) is 4.95. The molecule has 1 N–H and O–H groups in total. The number of hydrogen-bond donors (Lipinski definition) is 1. The number of halogens is 1. The maximum absolute atomic E-state index is 13.1. The van der Waals surface area contributed by atoms with Crippen LogP contribution < -0.4 is 10.1 Å². The van der Waals surface area contributed by atoms with Crippen molar-refractivity contribution < 1.29 is 18.7 Å². The van der Waals surface area contributed by atoms with Crippen molar-refractivity contribution in [3.63, 3.8) is 0 Å². The van der Waals surface area contributed by atoms with Gasteiger partial charge in [-0.15, -0.1) is 0 Å². The minimum Gasteiger partial charge on any atom is -0.497 e. The predicted molar refractivity (Wildman–Crippen MR) is 85.0 cm³/mol. The summed E-state index contributed by atoms with van der Waals surface area (Å²) in [5.74, 6) is -0.593. The van der Waals surface area contributed by atoms with Gasteiger partial charge in [-0.2, -0.15) is 0 Å². The maximum Gasteiger partial charge on any atom is 0.254 e. The lowest BCUT2D eigenvalue weighted by atomic mass is 10.2. The van der Waals surface area contributed by atoms with Crippen molar-refractivity contribution in [1.82, 2.24) is 4.90 Å². The van der Waals surface area contributed by atoms with Crippen LogP contribution in [0.1, 0.15) is 10.4 Å². The van der Waals surface area contributed by atoms with Gasteiger partial charge in [-0.05, 0) is 36.4 Å². The number of hydrogen-bond acceptors (Lipinski definition) is 3. The molecule has 0 aromatic heterocycles. The average Bonchev–Trinajstić information content (AvgIpc) is 2.54. The van der Waals surface area contributed by atoms with Gasteiger partial charge in [0, 0.05) is 18.3 Å². The first-order chi connectivity index (χ1) is 11.0. The molecule has 2 rings (SSSR count). The molecule has 0 radical (unpaired) electrons. The van der Waals surface area contributed by atoms with Gasteiger partial charge in [0.25, 0.3) is 5.91 Å². The fraction of sp³-hybridized carbons (Fsp3) is 0.176. The van der Waals surface area contributed by atoms with Crippen LogP contribution in [0, 0.1) is 5.82 Å². The quantitative estimate of drug-likeness (QED) is 0.922. The monoisotopic (exact) mass is 316 g/mol. The van der Waals surface area contributed by atoms with E-state index in [2.05, 4.69) is 5.32 Å². The van der Waals surface area contributed by atoms with Gasteiger partial charge in [0.15, 0.2) is 0 Å². The fourth-order valence-electron chi connectivity index (χ4n) is 2.03. The van der Waals surface area contributed by atoms with Crippen molar-refractivity contribution in [1.29, 1.82) is 0 Å². The van der Waals surface area contributed by atoms with Gasteiger partial charge < -0.3 is 15.0 Å². The van der Waals surface area contributed by atoms with Crippen molar-refractivity contribution in [2.75, 3.05) is 26.0 Å². The number of methoxy groups -OCH3 is 1. The molecule has 2 aromatic rings. The lowest BCUT2D eigenvalue weighted by Gasteiger charge is -2.17. The van der Waals surface area contributed by atoms with Crippen molar-refractivity contribution in [3.8, 4) is 5.75 Å². The molecule has 6 heteroatoms. The molecule has 2 aromatic carbocycles. The van der Waals surface area contributed by atoms with Crippen molar-refractivity contribution in [2.24, 2.45) is 0 Å². The molecular weight excluding hydrogens is 299 g/mol. The third-order valence-electron chi connectivity index (χ3n) is 3.15. The van der Waals surface area contributed by atoms with E-state index in [1.807, 2.05) is 0 Å². The third-order valence-corrected chi connectivity index (χ3v) is 3.15. The SMILES string of the molecule is COc1cccc(C(=O)N(C)CC(=O)Nc2cccc(F)c2)c1. The van der Waals surface area contributed by atoms with E-state index in [1.54, 1.807) is 30.3 Å². The van der Waals surface area contributed by atoms with Gasteiger partial charge in [-0.25, -0.2) is 4.39 Å². The van der Waals surface area contributed by atoms with Crippen LogP contribution >= 0.6 is 0 Å². The summed E-state index contributed by atoms with van der Waals surface area (Å²) in [4.78, 5) is 25.5. The third kappa shape index (κ3) is 4.54. The Morgan fingerprint density at radius 1 is 1.17 bits per heavy atom. The Balaban J connectivity index is 1.98. The van der Waals surface area contributed by atoms with E-state index in [1.165, 1.54) is 37.3 Å². The number of ether oxygens (including phenoxy) is 1. The molecule has 120 valence electrons. The molecule has 0 aliphatic rings. The van der Waals surface area contributed by atoms with Gasteiger partial charge in [0.05, 0.1) is 13.7 Å². The Hall–Kier alpha value is -2.89. The number of nitrogens with one attached hydrogen (secondary N) is 1. The summed E-state index contributed by atoms with van der Waals surface area (Å²) in [6.45, 7) is -0.146. The number of carbonyl (C=O) groups excluding carboxylic acids is 2. The van der Waals surface area contributed by atoms with Crippen LogP contribution in [-0.4, -0.2) is 37.4 Å². The highest BCUT2D eigenvalue weighted by Crippen LogP contribution is 2.14. The van der Waals surface area contributed by atoms with Gasteiger partial charge >= 0.3 is 0 Å². The molecule has 0 aliphatic heterocycles. The van der Waals surface area contributed by atoms with Crippen LogP contribution in [-0.2, 0) is 4.79 Å². The Kier molecular flexibility index (Phi) is 5.30. The second-order valence-corrected chi connectivity index (χ2v) is 4.95. The normalized spacial score (nSPS) is 10.0. The molecule has 2 amide bonds. The van der Waals surface area contributed by atoms with Crippen LogP contribution in [0.3, 0.4) is 0 Å². The van der Waals surface area contributed by atoms with Gasteiger partial charge in [0.2, 0.25) is 5.91 Å². The molecule has 0 bridgehead atoms. The Morgan fingerprint density at radius 2 is 1.91 bits per heavy atom. The summed E-state index contributed by atoms with van der Waals surface area (Å²) in [7, 11) is 3.03. The number of rotatable bonds is 5. The highest BCUT2D eigenvalue weighted by Gasteiger charge is 2.15. The fourth-order valence-corrected chi connectivity index (χ4v) is 2.03. The molecular formula is C17H17FN2O3. The van der Waals surface area contributed by atoms with E-state index < -0.39 is 11.7 Å². The largest absolute Gasteiger partial charge is 0.497 e. The minimum atomic E-state index is -0.441. The Labute approximate surface area is 133 Å². The van der Waals surface area contributed by atoms with Crippen molar-refractivity contribution >= 4 is 17.5 Å². The molecule has 0 saturated carbocycles. The Bertz CT molecular complexity index is 718. The summed E-state index contributed by atoms with van der Waals surface area (Å²) < 4.78 is 18.1. The van der Waals surface area contributed by atoms with Crippen molar-refractivity contribution in [3.05, 3.63) is 59.9 Å². The van der Waals surface area contributed by atoms with E-state index in [9.17, 15) is 14.0 Å². The van der Waals surface area contributed by atoms with Gasteiger partial charge in [0.1, 0.15) is 11.6 Å². The number of benzene rings is 2. The second kappa shape index (κ2) is 7.40. The van der Waals surface area contributed by atoms with Crippen molar-refractivity contribution in [2.45, 2.75) is 0 Å². The zero-order valence-corrected chi connectivity index (χ0v) is 12.9. The molecule has 23 heavy (non-hydrogen) atoms. The number of carbonyl (C=O) groups is 2. The van der Waals surface area contributed by atoms with Crippen LogP contribution in [0.25, 0.3) is 0 Å². The molecule has 0 unspecified atom stereocenters. The summed E-state index contributed by atoms with van der Waals surface area (Å²) in [5.41, 5.74) is 0.766. The Morgan fingerprint density at radius 3 is 2.61 bits per heavy atom. The molecule has 0 heterocycles. The van der Waals surface area contributed by atoms with Crippen LogP contribution in [0.15, 0.2) is 48.5 Å². The number of amides is 2. The van der Waals surface area contributed by atoms with E-state index in [-0.39, 0.29) is 12.5 Å². The summed E-state index contributed by atoms with van der Waals surface area (Å²) in [6, 6.07) is 12.2. The molecule has 0 aliphatic carbocycles. The number of likely N-dealkylation sites (N-methyl/N-ethyl adjacent to an activating group) is 1. The standard InChI is InChI=1S/C17H17FN2O3/c1-20(17(22)12-5-3-8-15(9-12)23-2)11-16(21)19-14-7-4-6-13(18)10-14/h3-10H,11H2,1-2H3,(H,19,21). The zero-order valence-electron chi connectivity index (χ0n) is 12.9. The smallest absolute Gasteiger partial charge is 0.254 e. The van der Waals surface area contributed by atoms with E-state index in [0.717, 1.165) is 0 Å². The predicted octanol–water partition coefficient (Wildman–Crippen LogP) is 2.55. The first-order valence-corrected chi connectivity index (χ1v) is 6.94. The van der Waals surface area contributed by atoms with Gasteiger partial charge in [-0.1, -0.05) is 12.1 Å². The summed E-state index contributed by atoms with van der Waals surface area (Å²) >= 11 is 0. The average molecular weight is 316 g/mol. The highest BCUT2D eigenvalue weighted by molar-refractivity contribution is 5.99. The molecule has 0 spiro atoms. The zero-order chi connectivity index (χ0) is 16.8. The lowest BCUT2D eigenvalue weighted by Crippen LogP contribution is -2.34. The number of nitrogens with zero attached hydrogens (tertiary/aromatic N) is 1. The van der Waals surface area contributed by atoms with Crippen LogP contribution in [0.4, 0.5) is 10.1 Å². The topological polar surface area (TPSA) is 58.6 Å². The van der Waals surface area contributed by atoms with E-state index in [4.69, 9.17) is 4.74 Å². The molecule has 5 nitrogen and oxygen atoms in total. The van der Waals surface area contributed by atoms with Crippen LogP contribution in [0.2, 0.25) is 0 Å². The molecule has 0 fully saturated rings. The van der Waals surface area contributed by atoms with E-state index in [0.29, 0.717) is 17.0 Å². The lowest BCUT2D eigenvalue weighted by molar-refractivity contribution is -0.116.